The molecule has 0 saturated heterocycles. The quantitative estimate of drug-likeness (QED) is 0.305. The summed E-state index contributed by atoms with van der Waals surface area (Å²) >= 11 is 0. The third-order valence-electron chi connectivity index (χ3n) is 6.18. The van der Waals surface area contributed by atoms with Crippen LogP contribution in [0.25, 0.3) is 10.9 Å². The van der Waals surface area contributed by atoms with Gasteiger partial charge in [0.2, 0.25) is 11.8 Å². The summed E-state index contributed by atoms with van der Waals surface area (Å²) in [7, 11) is 0. The van der Waals surface area contributed by atoms with Gasteiger partial charge >= 0.3 is 5.69 Å². The van der Waals surface area contributed by atoms with E-state index < -0.39 is 11.2 Å². The lowest BCUT2D eigenvalue weighted by molar-refractivity contribution is -0.121. The highest BCUT2D eigenvalue weighted by Gasteiger charge is 2.16. The monoisotopic (exact) mass is 502 g/mol. The smallest absolute Gasteiger partial charge is 0.331 e. The number of fused-ring (bicyclic) bond motifs is 1. The first kappa shape index (κ1) is 25.7. The molecule has 37 heavy (non-hydrogen) atoms. The number of furan rings is 1. The van der Waals surface area contributed by atoms with Crippen molar-refractivity contribution >= 4 is 28.4 Å². The van der Waals surface area contributed by atoms with Crippen LogP contribution in [0.3, 0.4) is 0 Å². The van der Waals surface area contributed by atoms with Crippen LogP contribution in [0.5, 0.6) is 0 Å². The van der Waals surface area contributed by atoms with Gasteiger partial charge in [-0.1, -0.05) is 37.3 Å². The number of benzene rings is 2. The van der Waals surface area contributed by atoms with Crippen LogP contribution in [0.2, 0.25) is 0 Å². The average Bonchev–Trinajstić information content (AvgIpc) is 3.43. The number of para-hydroxylation sites is 2. The lowest BCUT2D eigenvalue weighted by Crippen LogP contribution is -2.41. The molecule has 2 N–H and O–H groups in total. The second-order valence-electron chi connectivity index (χ2n) is 8.71. The number of aromatic nitrogens is 2. The number of hydrogen-bond acceptors (Lipinski definition) is 5. The van der Waals surface area contributed by atoms with E-state index in [-0.39, 0.29) is 31.3 Å². The number of hydrogen-bond donors (Lipinski definition) is 2. The molecule has 0 radical (unpaired) electrons. The summed E-state index contributed by atoms with van der Waals surface area (Å²) in [5, 5.41) is 6.02. The van der Waals surface area contributed by atoms with Crippen molar-refractivity contribution in [2.75, 3.05) is 5.32 Å². The second kappa shape index (κ2) is 12.0. The zero-order chi connectivity index (χ0) is 26.2. The molecular formula is C28H30N4O5. The van der Waals surface area contributed by atoms with E-state index in [4.69, 9.17) is 4.42 Å². The number of anilines is 1. The van der Waals surface area contributed by atoms with Gasteiger partial charge in [-0.2, -0.15) is 0 Å². The van der Waals surface area contributed by atoms with E-state index in [1.54, 1.807) is 42.7 Å². The molecule has 0 aliphatic heterocycles. The molecule has 2 heterocycles. The minimum absolute atomic E-state index is 0.135. The first-order chi connectivity index (χ1) is 18.0. The Morgan fingerprint density at radius 3 is 2.46 bits per heavy atom. The Bertz CT molecular complexity index is 1500. The van der Waals surface area contributed by atoms with Crippen LogP contribution >= 0.6 is 0 Å². The van der Waals surface area contributed by atoms with E-state index >= 15 is 0 Å². The van der Waals surface area contributed by atoms with Crippen molar-refractivity contribution in [1.29, 1.82) is 0 Å². The Labute approximate surface area is 213 Å². The van der Waals surface area contributed by atoms with Gasteiger partial charge in [-0.3, -0.25) is 23.5 Å². The average molecular weight is 503 g/mol. The lowest BCUT2D eigenvalue weighted by atomic mass is 10.1. The van der Waals surface area contributed by atoms with Gasteiger partial charge in [0, 0.05) is 18.7 Å². The summed E-state index contributed by atoms with van der Waals surface area (Å²) in [5.41, 5.74) is 1.14. The Balaban J connectivity index is 1.46. The summed E-state index contributed by atoms with van der Waals surface area (Å²) in [5.74, 6) is 0.175. The maximum atomic E-state index is 13.3. The van der Waals surface area contributed by atoms with Gasteiger partial charge in [0.05, 0.1) is 23.7 Å². The molecule has 4 aromatic rings. The largest absolute Gasteiger partial charge is 0.467 e. The maximum Gasteiger partial charge on any atom is 0.331 e. The number of carbonyl (C=O) groups excluding carboxylic acids is 2. The minimum atomic E-state index is -0.551. The van der Waals surface area contributed by atoms with E-state index in [9.17, 15) is 19.2 Å². The van der Waals surface area contributed by atoms with Crippen molar-refractivity contribution in [3.8, 4) is 0 Å². The van der Waals surface area contributed by atoms with E-state index in [2.05, 4.69) is 10.6 Å². The molecule has 2 aromatic heterocycles. The van der Waals surface area contributed by atoms with Gasteiger partial charge in [-0.25, -0.2) is 4.79 Å². The fourth-order valence-corrected chi connectivity index (χ4v) is 4.25. The number of nitrogens with zero attached hydrogens (tertiary/aromatic N) is 2. The molecule has 4 rings (SSSR count). The zero-order valence-corrected chi connectivity index (χ0v) is 20.7. The first-order valence-electron chi connectivity index (χ1n) is 12.4. The van der Waals surface area contributed by atoms with Gasteiger partial charge in [-0.15, -0.1) is 0 Å². The van der Waals surface area contributed by atoms with Crippen LogP contribution in [-0.4, -0.2) is 20.9 Å². The topological polar surface area (TPSA) is 115 Å². The van der Waals surface area contributed by atoms with Crippen molar-refractivity contribution in [1.82, 2.24) is 14.5 Å². The number of rotatable bonds is 11. The number of unbranched alkanes of at least 4 members (excludes halogenated alkanes) is 1. The van der Waals surface area contributed by atoms with Crippen LogP contribution in [0.15, 0.2) is 80.9 Å². The summed E-state index contributed by atoms with van der Waals surface area (Å²) < 4.78 is 7.67. The second-order valence-corrected chi connectivity index (χ2v) is 8.71. The molecule has 0 bridgehead atoms. The van der Waals surface area contributed by atoms with Crippen LogP contribution < -0.4 is 21.9 Å². The molecule has 9 heteroatoms. The molecule has 0 aliphatic rings. The standard InChI is InChI=1S/C28H30N4O5/c1-2-20-10-3-5-13-23(20)30-26(34)19-32-24-14-6-4-12-22(24)27(35)31(28(32)36)16-8-7-15-25(33)29-18-21-11-9-17-37-21/h3-6,9-14,17H,2,7-8,15-16,18-19H2,1H3,(H,29,33)(H,30,34). The molecule has 9 nitrogen and oxygen atoms in total. The molecule has 0 saturated carbocycles. The van der Waals surface area contributed by atoms with Crippen LogP contribution in [0, 0.1) is 0 Å². The number of carbonyl (C=O) groups is 2. The summed E-state index contributed by atoms with van der Waals surface area (Å²) in [6.45, 7) is 2.23. The third kappa shape index (κ3) is 6.24. The predicted octanol–water partition coefficient (Wildman–Crippen LogP) is 3.44. The fraction of sp³-hybridized carbons (Fsp3) is 0.286. The summed E-state index contributed by atoms with van der Waals surface area (Å²) in [6.07, 6.45) is 3.51. The van der Waals surface area contributed by atoms with Gasteiger partial charge in [0.15, 0.2) is 0 Å². The van der Waals surface area contributed by atoms with Crippen LogP contribution in [0.4, 0.5) is 5.69 Å². The number of amides is 2. The molecule has 2 amide bonds. The molecule has 2 aromatic carbocycles. The van der Waals surface area contributed by atoms with Crippen LogP contribution in [-0.2, 0) is 35.6 Å². The van der Waals surface area contributed by atoms with Crippen LogP contribution in [0.1, 0.15) is 37.5 Å². The molecule has 192 valence electrons. The first-order valence-corrected chi connectivity index (χ1v) is 12.4. The van der Waals surface area contributed by atoms with Crippen molar-refractivity contribution in [2.24, 2.45) is 0 Å². The SMILES string of the molecule is CCc1ccccc1NC(=O)Cn1c(=O)n(CCCCC(=O)NCc2ccco2)c(=O)c2ccccc21. The highest BCUT2D eigenvalue weighted by atomic mass is 16.3. The highest BCUT2D eigenvalue weighted by Crippen LogP contribution is 2.16. The Kier molecular flexibility index (Phi) is 8.35. The van der Waals surface area contributed by atoms with Gasteiger partial charge in [0.25, 0.3) is 5.56 Å². The Morgan fingerprint density at radius 2 is 1.68 bits per heavy atom. The number of aryl methyl sites for hydroxylation is 1. The minimum Gasteiger partial charge on any atom is -0.467 e. The van der Waals surface area contributed by atoms with Gasteiger partial charge in [0.1, 0.15) is 12.3 Å². The van der Waals surface area contributed by atoms with E-state index in [0.717, 1.165) is 16.6 Å². The zero-order valence-electron chi connectivity index (χ0n) is 20.7. The van der Waals surface area contributed by atoms with Crippen molar-refractivity contribution in [2.45, 2.75) is 52.2 Å². The lowest BCUT2D eigenvalue weighted by Gasteiger charge is -2.15. The van der Waals surface area contributed by atoms with Crippen molar-refractivity contribution in [3.63, 3.8) is 0 Å². The molecule has 0 fully saturated rings. The van der Waals surface area contributed by atoms with E-state index in [1.165, 1.54) is 4.57 Å². The van der Waals surface area contributed by atoms with E-state index in [0.29, 0.717) is 41.7 Å². The Hall–Kier alpha value is -4.40. The van der Waals surface area contributed by atoms with Crippen molar-refractivity contribution < 1.29 is 14.0 Å². The fourth-order valence-electron chi connectivity index (χ4n) is 4.25. The molecule has 0 unspecified atom stereocenters. The summed E-state index contributed by atoms with van der Waals surface area (Å²) in [4.78, 5) is 51.4. The Morgan fingerprint density at radius 1 is 0.892 bits per heavy atom. The van der Waals surface area contributed by atoms with E-state index in [1.807, 2.05) is 31.2 Å². The predicted molar refractivity (Wildman–Crippen MR) is 141 cm³/mol. The normalized spacial score (nSPS) is 10.9. The molecule has 0 aliphatic carbocycles. The maximum absolute atomic E-state index is 13.3. The van der Waals surface area contributed by atoms with Gasteiger partial charge < -0.3 is 15.1 Å². The van der Waals surface area contributed by atoms with Gasteiger partial charge in [-0.05, 0) is 55.2 Å². The highest BCUT2D eigenvalue weighted by molar-refractivity contribution is 5.92. The molecule has 0 atom stereocenters. The molecular weight excluding hydrogens is 472 g/mol. The third-order valence-corrected chi connectivity index (χ3v) is 6.18. The number of nitrogens with one attached hydrogen (secondary N) is 2. The van der Waals surface area contributed by atoms with Crippen molar-refractivity contribution in [3.05, 3.63) is 99.1 Å². The molecule has 0 spiro atoms. The summed E-state index contributed by atoms with van der Waals surface area (Å²) in [6, 6.07) is 17.8.